The summed E-state index contributed by atoms with van der Waals surface area (Å²) < 4.78 is 2.82. The van der Waals surface area contributed by atoms with Gasteiger partial charge in [0.2, 0.25) is 5.78 Å². The Balaban J connectivity index is 1.54. The van der Waals surface area contributed by atoms with Gasteiger partial charge in [-0.25, -0.2) is 9.97 Å². The molecule has 19 heavy (non-hydrogen) atoms. The van der Waals surface area contributed by atoms with Crippen molar-refractivity contribution in [3.05, 3.63) is 30.4 Å². The lowest BCUT2D eigenvalue weighted by Crippen LogP contribution is -2.29. The van der Waals surface area contributed by atoms with E-state index < -0.39 is 0 Å². The molecule has 0 amide bonds. The summed E-state index contributed by atoms with van der Waals surface area (Å²) in [6.07, 6.45) is 10.9. The SMILES string of the molecule is S=C(NC1CCCC1)SCc1cn2cccnc2n1. The molecule has 0 spiro atoms. The maximum atomic E-state index is 5.37. The smallest absolute Gasteiger partial charge is 0.233 e. The lowest BCUT2D eigenvalue weighted by atomic mass is 10.3. The number of nitrogens with one attached hydrogen (secondary N) is 1. The van der Waals surface area contributed by atoms with Gasteiger partial charge in [-0.15, -0.1) is 0 Å². The Morgan fingerprint density at radius 3 is 3.11 bits per heavy atom. The average molecular weight is 292 g/mol. The third kappa shape index (κ3) is 3.25. The minimum absolute atomic E-state index is 0.586. The normalized spacial score (nSPS) is 16.0. The third-order valence-corrected chi connectivity index (χ3v) is 4.61. The molecule has 6 heteroatoms. The predicted octanol–water partition coefficient (Wildman–Crippen LogP) is 2.78. The van der Waals surface area contributed by atoms with Crippen LogP contribution in [0.15, 0.2) is 24.7 Å². The van der Waals surface area contributed by atoms with Crippen LogP contribution in [0.5, 0.6) is 0 Å². The van der Waals surface area contributed by atoms with Gasteiger partial charge in [0.05, 0.1) is 5.69 Å². The van der Waals surface area contributed by atoms with Crippen LogP contribution in [0.4, 0.5) is 0 Å². The monoisotopic (exact) mass is 292 g/mol. The van der Waals surface area contributed by atoms with E-state index in [0.29, 0.717) is 6.04 Å². The van der Waals surface area contributed by atoms with Crippen LogP contribution in [0, 0.1) is 0 Å². The van der Waals surface area contributed by atoms with Gasteiger partial charge in [0.15, 0.2) is 0 Å². The summed E-state index contributed by atoms with van der Waals surface area (Å²) in [6.45, 7) is 0. The molecule has 100 valence electrons. The Morgan fingerprint density at radius 2 is 2.32 bits per heavy atom. The van der Waals surface area contributed by atoms with Crippen LogP contribution in [0.2, 0.25) is 0 Å². The summed E-state index contributed by atoms with van der Waals surface area (Å²) in [6, 6.07) is 2.49. The number of rotatable bonds is 3. The van der Waals surface area contributed by atoms with E-state index in [1.807, 2.05) is 22.9 Å². The largest absolute Gasteiger partial charge is 0.368 e. The maximum absolute atomic E-state index is 5.37. The quantitative estimate of drug-likeness (QED) is 0.881. The van der Waals surface area contributed by atoms with Gasteiger partial charge in [0, 0.05) is 30.4 Å². The number of nitrogens with zero attached hydrogens (tertiary/aromatic N) is 3. The first-order valence-corrected chi connectivity index (χ1v) is 7.92. The van der Waals surface area contributed by atoms with Gasteiger partial charge >= 0.3 is 0 Å². The second-order valence-electron chi connectivity index (χ2n) is 4.76. The van der Waals surface area contributed by atoms with E-state index in [-0.39, 0.29) is 0 Å². The van der Waals surface area contributed by atoms with Crippen LogP contribution >= 0.6 is 24.0 Å². The fourth-order valence-electron chi connectivity index (χ4n) is 2.37. The highest BCUT2D eigenvalue weighted by Crippen LogP contribution is 2.20. The van der Waals surface area contributed by atoms with Gasteiger partial charge < -0.3 is 5.32 Å². The van der Waals surface area contributed by atoms with Crippen molar-refractivity contribution in [2.45, 2.75) is 37.5 Å². The van der Waals surface area contributed by atoms with Gasteiger partial charge in [-0.05, 0) is 18.9 Å². The molecule has 1 aliphatic carbocycles. The van der Waals surface area contributed by atoms with Crippen molar-refractivity contribution in [1.29, 1.82) is 0 Å². The van der Waals surface area contributed by atoms with Crippen molar-refractivity contribution >= 4 is 34.1 Å². The highest BCUT2D eigenvalue weighted by Gasteiger charge is 2.15. The zero-order valence-electron chi connectivity index (χ0n) is 10.6. The molecule has 0 saturated heterocycles. The summed E-state index contributed by atoms with van der Waals surface area (Å²) in [5.74, 6) is 1.54. The van der Waals surface area contributed by atoms with E-state index in [1.165, 1.54) is 25.7 Å². The minimum Gasteiger partial charge on any atom is -0.368 e. The van der Waals surface area contributed by atoms with E-state index in [2.05, 4.69) is 15.3 Å². The molecule has 1 saturated carbocycles. The summed E-state index contributed by atoms with van der Waals surface area (Å²) >= 11 is 7.02. The average Bonchev–Trinajstić information content (AvgIpc) is 3.04. The van der Waals surface area contributed by atoms with Gasteiger partial charge in [-0.3, -0.25) is 4.40 Å². The molecule has 3 rings (SSSR count). The summed E-state index contributed by atoms with van der Waals surface area (Å²) in [4.78, 5) is 8.67. The molecule has 0 bridgehead atoms. The topological polar surface area (TPSA) is 42.2 Å². The van der Waals surface area contributed by atoms with E-state index >= 15 is 0 Å². The summed E-state index contributed by atoms with van der Waals surface area (Å²) in [5.41, 5.74) is 1.01. The predicted molar refractivity (Wildman–Crippen MR) is 82.3 cm³/mol. The summed E-state index contributed by atoms with van der Waals surface area (Å²) in [7, 11) is 0. The van der Waals surface area contributed by atoms with Crippen LogP contribution < -0.4 is 5.32 Å². The summed E-state index contributed by atoms with van der Waals surface area (Å²) in [5, 5.41) is 3.43. The molecule has 0 unspecified atom stereocenters. The first-order chi connectivity index (χ1) is 9.31. The zero-order chi connectivity index (χ0) is 13.1. The van der Waals surface area contributed by atoms with E-state index in [4.69, 9.17) is 12.2 Å². The molecule has 4 nitrogen and oxygen atoms in total. The van der Waals surface area contributed by atoms with Crippen molar-refractivity contribution < 1.29 is 0 Å². The van der Waals surface area contributed by atoms with Gasteiger partial charge in [-0.1, -0.05) is 36.8 Å². The fraction of sp³-hybridized carbons (Fsp3) is 0.462. The molecular formula is C13H16N4S2. The van der Waals surface area contributed by atoms with Gasteiger partial charge in [-0.2, -0.15) is 0 Å². The Hall–Kier alpha value is -1.14. The van der Waals surface area contributed by atoms with Crippen molar-refractivity contribution in [3.8, 4) is 0 Å². The number of thioether (sulfide) groups is 1. The number of hydrogen-bond donors (Lipinski definition) is 1. The van der Waals surface area contributed by atoms with Crippen LogP contribution in [0.25, 0.3) is 5.78 Å². The molecule has 0 aliphatic heterocycles. The highest BCUT2D eigenvalue weighted by atomic mass is 32.2. The van der Waals surface area contributed by atoms with E-state index in [0.717, 1.165) is 21.5 Å². The number of aromatic nitrogens is 3. The van der Waals surface area contributed by atoms with Gasteiger partial charge in [0.25, 0.3) is 0 Å². The standard InChI is InChI=1S/C13H16N4S2/c18-13(16-10-4-1-2-5-10)19-9-11-8-17-7-3-6-14-12(17)15-11/h3,6-8,10H,1-2,4-5,9H2,(H,16,18). The highest BCUT2D eigenvalue weighted by molar-refractivity contribution is 8.22. The molecule has 2 aromatic heterocycles. The second kappa shape index (κ2) is 5.88. The first kappa shape index (κ1) is 12.9. The van der Waals surface area contributed by atoms with Crippen LogP contribution in [-0.4, -0.2) is 24.7 Å². The Kier molecular flexibility index (Phi) is 3.98. The van der Waals surface area contributed by atoms with E-state index in [9.17, 15) is 0 Å². The van der Waals surface area contributed by atoms with Crippen LogP contribution in [0.3, 0.4) is 0 Å². The number of thiocarbonyl (C=S) groups is 1. The van der Waals surface area contributed by atoms with Crippen LogP contribution in [-0.2, 0) is 5.75 Å². The molecular weight excluding hydrogens is 276 g/mol. The Labute approximate surface area is 122 Å². The molecule has 0 radical (unpaired) electrons. The second-order valence-corrected chi connectivity index (χ2v) is 6.41. The van der Waals surface area contributed by atoms with Crippen molar-refractivity contribution in [2.75, 3.05) is 0 Å². The first-order valence-electron chi connectivity index (χ1n) is 6.53. The molecule has 1 N–H and O–H groups in total. The number of imidazole rings is 1. The van der Waals surface area contributed by atoms with Crippen LogP contribution in [0.1, 0.15) is 31.4 Å². The molecule has 1 fully saturated rings. The Bertz CT molecular complexity index is 542. The lowest BCUT2D eigenvalue weighted by molar-refractivity contribution is 0.639. The lowest BCUT2D eigenvalue weighted by Gasteiger charge is -2.12. The molecule has 0 aromatic carbocycles. The number of hydrogen-bond acceptors (Lipinski definition) is 4. The zero-order valence-corrected chi connectivity index (χ0v) is 12.2. The number of fused-ring (bicyclic) bond motifs is 1. The molecule has 2 aromatic rings. The Morgan fingerprint density at radius 1 is 1.47 bits per heavy atom. The van der Waals surface area contributed by atoms with Crippen molar-refractivity contribution in [1.82, 2.24) is 19.7 Å². The minimum atomic E-state index is 0.586. The maximum Gasteiger partial charge on any atom is 0.233 e. The van der Waals surface area contributed by atoms with Crippen molar-refractivity contribution in [2.24, 2.45) is 0 Å². The molecule has 0 atom stereocenters. The molecule has 2 heterocycles. The van der Waals surface area contributed by atoms with Crippen molar-refractivity contribution in [3.63, 3.8) is 0 Å². The van der Waals surface area contributed by atoms with Gasteiger partial charge in [0.1, 0.15) is 4.32 Å². The molecule has 1 aliphatic rings. The van der Waals surface area contributed by atoms with E-state index in [1.54, 1.807) is 18.0 Å². The third-order valence-electron chi connectivity index (χ3n) is 3.31. The fourth-order valence-corrected chi connectivity index (χ4v) is 3.38.